The Morgan fingerprint density at radius 3 is 2.81 bits per heavy atom. The second-order valence-electron chi connectivity index (χ2n) is 6.65. The smallest absolute Gasteiger partial charge is 0.134 e. The second-order valence-corrected chi connectivity index (χ2v) is 6.65. The summed E-state index contributed by atoms with van der Waals surface area (Å²) in [6.07, 6.45) is 1.02. The Balaban J connectivity index is 2.03. The van der Waals surface area contributed by atoms with Gasteiger partial charge in [-0.2, -0.15) is 0 Å². The third-order valence-corrected chi connectivity index (χ3v) is 4.79. The van der Waals surface area contributed by atoms with Gasteiger partial charge in [-0.3, -0.25) is 4.90 Å². The quantitative estimate of drug-likeness (QED) is 0.931. The molecule has 3 rings (SSSR count). The molecule has 1 atom stereocenters. The second kappa shape index (κ2) is 5.47. The lowest BCUT2D eigenvalue weighted by Crippen LogP contribution is -2.58. The number of rotatable bonds is 3. The first kappa shape index (κ1) is 14.6. The van der Waals surface area contributed by atoms with Crippen LogP contribution in [0.1, 0.15) is 45.1 Å². The maximum atomic E-state index is 6.24. The number of nitrogens with zero attached hydrogens (tertiary/aromatic N) is 1. The van der Waals surface area contributed by atoms with E-state index in [0.29, 0.717) is 6.04 Å². The molecule has 0 spiro atoms. The van der Waals surface area contributed by atoms with Crippen LogP contribution in [0.15, 0.2) is 28.7 Å². The van der Waals surface area contributed by atoms with Crippen LogP contribution in [0.3, 0.4) is 0 Å². The molecule has 0 saturated carbocycles. The normalized spacial score (nSPS) is 20.8. The van der Waals surface area contributed by atoms with Crippen LogP contribution in [-0.2, 0) is 6.42 Å². The molecule has 1 N–H and O–H groups in total. The fraction of sp³-hybridized carbons (Fsp3) is 0.556. The summed E-state index contributed by atoms with van der Waals surface area (Å²) in [4.78, 5) is 2.57. The molecule has 0 amide bonds. The molecule has 0 radical (unpaired) electrons. The molecule has 0 bridgehead atoms. The van der Waals surface area contributed by atoms with Crippen molar-refractivity contribution in [2.24, 2.45) is 0 Å². The van der Waals surface area contributed by atoms with E-state index in [9.17, 15) is 0 Å². The molecule has 1 saturated heterocycles. The molecule has 2 heterocycles. The molecule has 1 aromatic carbocycles. The van der Waals surface area contributed by atoms with Crippen LogP contribution in [0, 0.1) is 0 Å². The number of hydrogen-bond donors (Lipinski definition) is 1. The van der Waals surface area contributed by atoms with Gasteiger partial charge < -0.3 is 9.73 Å². The van der Waals surface area contributed by atoms with Crippen molar-refractivity contribution in [3.05, 3.63) is 35.6 Å². The van der Waals surface area contributed by atoms with Crippen molar-refractivity contribution < 1.29 is 4.42 Å². The zero-order valence-corrected chi connectivity index (χ0v) is 13.6. The van der Waals surface area contributed by atoms with Crippen LogP contribution < -0.4 is 5.32 Å². The van der Waals surface area contributed by atoms with E-state index in [0.717, 1.165) is 37.4 Å². The zero-order valence-electron chi connectivity index (χ0n) is 13.6. The highest BCUT2D eigenvalue weighted by atomic mass is 16.3. The lowest BCUT2D eigenvalue weighted by Gasteiger charge is -2.45. The van der Waals surface area contributed by atoms with Crippen LogP contribution in [0.4, 0.5) is 0 Å². The molecule has 3 heteroatoms. The summed E-state index contributed by atoms with van der Waals surface area (Å²) in [6, 6.07) is 8.71. The van der Waals surface area contributed by atoms with E-state index >= 15 is 0 Å². The Bertz CT molecular complexity index is 629. The summed E-state index contributed by atoms with van der Waals surface area (Å²) in [5.74, 6) is 1.15. The standard InChI is InChI=1S/C18H26N2O/c1-5-14-15-8-6-7-9-16(15)21-17(14)13(2)20-11-10-19-12-18(20,3)4/h6-9,13,19H,5,10-12H2,1-4H3. The Labute approximate surface area is 127 Å². The summed E-state index contributed by atoms with van der Waals surface area (Å²) in [5, 5.41) is 4.77. The Morgan fingerprint density at radius 1 is 1.33 bits per heavy atom. The number of hydrogen-bond acceptors (Lipinski definition) is 3. The highest BCUT2D eigenvalue weighted by Gasteiger charge is 2.35. The minimum atomic E-state index is 0.154. The first-order valence-electron chi connectivity index (χ1n) is 8.02. The van der Waals surface area contributed by atoms with Gasteiger partial charge in [0.15, 0.2) is 0 Å². The van der Waals surface area contributed by atoms with Crippen LogP contribution in [0.2, 0.25) is 0 Å². The largest absolute Gasteiger partial charge is 0.459 e. The molecule has 21 heavy (non-hydrogen) atoms. The van der Waals surface area contributed by atoms with Crippen LogP contribution in [-0.4, -0.2) is 30.1 Å². The van der Waals surface area contributed by atoms with E-state index in [4.69, 9.17) is 4.42 Å². The number of aryl methyl sites for hydroxylation is 1. The van der Waals surface area contributed by atoms with Crippen molar-refractivity contribution in [3.8, 4) is 0 Å². The number of fused-ring (bicyclic) bond motifs is 1. The molecule has 3 nitrogen and oxygen atoms in total. The molecule has 1 unspecified atom stereocenters. The number of nitrogens with one attached hydrogen (secondary N) is 1. The summed E-state index contributed by atoms with van der Waals surface area (Å²) in [5.41, 5.74) is 2.54. The SMILES string of the molecule is CCc1c(C(C)N2CCNCC2(C)C)oc2ccccc12. The monoisotopic (exact) mass is 286 g/mol. The van der Waals surface area contributed by atoms with E-state index in [1.54, 1.807) is 0 Å². The van der Waals surface area contributed by atoms with Gasteiger partial charge in [-0.1, -0.05) is 25.1 Å². The minimum absolute atomic E-state index is 0.154. The Hall–Kier alpha value is -1.32. The van der Waals surface area contributed by atoms with Crippen molar-refractivity contribution in [2.75, 3.05) is 19.6 Å². The average molecular weight is 286 g/mol. The van der Waals surface area contributed by atoms with Crippen molar-refractivity contribution >= 4 is 11.0 Å². The van der Waals surface area contributed by atoms with Gasteiger partial charge in [0.25, 0.3) is 0 Å². The highest BCUT2D eigenvalue weighted by molar-refractivity contribution is 5.82. The van der Waals surface area contributed by atoms with Crippen molar-refractivity contribution in [1.82, 2.24) is 10.2 Å². The third-order valence-electron chi connectivity index (χ3n) is 4.79. The van der Waals surface area contributed by atoms with E-state index in [1.165, 1.54) is 10.9 Å². The summed E-state index contributed by atoms with van der Waals surface area (Å²) >= 11 is 0. The van der Waals surface area contributed by atoms with Gasteiger partial charge in [0.2, 0.25) is 0 Å². The van der Waals surface area contributed by atoms with Gasteiger partial charge in [-0.05, 0) is 33.3 Å². The Morgan fingerprint density at radius 2 is 2.10 bits per heavy atom. The first-order chi connectivity index (χ1) is 10.0. The molecule has 1 aliphatic rings. The van der Waals surface area contributed by atoms with Gasteiger partial charge in [0.05, 0.1) is 6.04 Å². The molecule has 114 valence electrons. The predicted octanol–water partition coefficient (Wildman–Crippen LogP) is 3.74. The van der Waals surface area contributed by atoms with E-state index < -0.39 is 0 Å². The van der Waals surface area contributed by atoms with E-state index in [-0.39, 0.29) is 5.54 Å². The fourth-order valence-electron chi connectivity index (χ4n) is 3.68. The van der Waals surface area contributed by atoms with Crippen LogP contribution in [0.25, 0.3) is 11.0 Å². The van der Waals surface area contributed by atoms with Crippen molar-refractivity contribution in [2.45, 2.75) is 45.7 Å². The first-order valence-corrected chi connectivity index (χ1v) is 8.02. The summed E-state index contributed by atoms with van der Waals surface area (Å²) in [6.45, 7) is 12.3. The molecule has 1 fully saturated rings. The molecule has 0 aliphatic carbocycles. The van der Waals surface area contributed by atoms with Gasteiger partial charge in [-0.25, -0.2) is 0 Å². The lowest BCUT2D eigenvalue weighted by molar-refractivity contribution is 0.0430. The van der Waals surface area contributed by atoms with E-state index in [1.807, 2.05) is 0 Å². The van der Waals surface area contributed by atoms with Gasteiger partial charge in [-0.15, -0.1) is 0 Å². The molecule has 1 aromatic heterocycles. The maximum Gasteiger partial charge on any atom is 0.134 e. The average Bonchev–Trinajstić information content (AvgIpc) is 2.84. The molecule has 1 aliphatic heterocycles. The number of para-hydroxylation sites is 1. The van der Waals surface area contributed by atoms with E-state index in [2.05, 4.69) is 62.2 Å². The van der Waals surface area contributed by atoms with Crippen molar-refractivity contribution in [1.29, 1.82) is 0 Å². The van der Waals surface area contributed by atoms with Crippen LogP contribution >= 0.6 is 0 Å². The van der Waals surface area contributed by atoms with Crippen molar-refractivity contribution in [3.63, 3.8) is 0 Å². The number of benzene rings is 1. The number of piperazine rings is 1. The fourth-order valence-corrected chi connectivity index (χ4v) is 3.68. The summed E-state index contributed by atoms with van der Waals surface area (Å²) < 4.78 is 6.24. The molecular formula is C18H26N2O. The van der Waals surface area contributed by atoms with Crippen LogP contribution in [0.5, 0.6) is 0 Å². The van der Waals surface area contributed by atoms with Gasteiger partial charge >= 0.3 is 0 Å². The molecule has 2 aromatic rings. The van der Waals surface area contributed by atoms with Gasteiger partial charge in [0.1, 0.15) is 11.3 Å². The number of furan rings is 1. The lowest BCUT2D eigenvalue weighted by atomic mass is 9.95. The topological polar surface area (TPSA) is 28.4 Å². The maximum absolute atomic E-state index is 6.24. The highest BCUT2D eigenvalue weighted by Crippen LogP contribution is 2.36. The third kappa shape index (κ3) is 2.49. The Kier molecular flexibility index (Phi) is 3.80. The predicted molar refractivity (Wildman–Crippen MR) is 87.7 cm³/mol. The summed E-state index contributed by atoms with van der Waals surface area (Å²) in [7, 11) is 0. The zero-order chi connectivity index (χ0) is 15.0. The molecular weight excluding hydrogens is 260 g/mol. The van der Waals surface area contributed by atoms with Gasteiger partial charge in [0, 0.05) is 36.1 Å². The minimum Gasteiger partial charge on any atom is -0.459 e.